The summed E-state index contributed by atoms with van der Waals surface area (Å²) >= 11 is 0. The van der Waals surface area contributed by atoms with Gasteiger partial charge in [-0.2, -0.15) is 0 Å². The maximum absolute atomic E-state index is 11.1. The van der Waals surface area contributed by atoms with E-state index in [0.29, 0.717) is 6.42 Å². The molecule has 0 rings (SSSR count). The predicted molar refractivity (Wildman–Crippen MR) is 48.4 cm³/mol. The molecule has 0 unspecified atom stereocenters. The Morgan fingerprint density at radius 3 is 2.75 bits per heavy atom. The Labute approximate surface area is 73.3 Å². The van der Waals surface area contributed by atoms with E-state index in [9.17, 15) is 4.79 Å². The molecule has 0 N–H and O–H groups in total. The number of hydrogen-bond acceptors (Lipinski definition) is 2. The quantitative estimate of drug-likeness (QED) is 0.461. The van der Waals surface area contributed by atoms with E-state index in [1.807, 2.05) is 6.08 Å². The smallest absolute Gasteiger partial charge is 0.249 e. The second kappa shape index (κ2) is 6.61. The summed E-state index contributed by atoms with van der Waals surface area (Å²) in [6.07, 6.45) is 6.65. The second-order valence-electron chi connectivity index (χ2n) is 2.27. The largest absolute Gasteiger partial charge is 0.275 e. The van der Waals surface area contributed by atoms with Gasteiger partial charge in [-0.15, -0.1) is 6.58 Å². The molecule has 68 valence electrons. The first-order chi connectivity index (χ1) is 5.72. The van der Waals surface area contributed by atoms with E-state index in [2.05, 4.69) is 6.58 Å². The van der Waals surface area contributed by atoms with Gasteiger partial charge in [-0.3, -0.25) is 9.63 Å². The zero-order valence-corrected chi connectivity index (χ0v) is 7.62. The number of carbonyl (C=O) groups excluding carboxylic acids is 1. The van der Waals surface area contributed by atoms with Crippen LogP contribution in [-0.2, 0) is 9.63 Å². The van der Waals surface area contributed by atoms with Crippen LogP contribution in [0.4, 0.5) is 0 Å². The fourth-order valence-corrected chi connectivity index (χ4v) is 0.607. The number of nitrogens with zero attached hydrogens (tertiary/aromatic N) is 1. The first-order valence-corrected chi connectivity index (χ1v) is 3.79. The highest BCUT2D eigenvalue weighted by Crippen LogP contribution is 1.93. The van der Waals surface area contributed by atoms with Crippen molar-refractivity contribution in [3.05, 3.63) is 24.8 Å². The molecule has 12 heavy (non-hydrogen) atoms. The molecule has 0 aromatic rings. The van der Waals surface area contributed by atoms with E-state index >= 15 is 0 Å². The lowest BCUT2D eigenvalue weighted by atomic mass is 10.3. The first kappa shape index (κ1) is 10.9. The van der Waals surface area contributed by atoms with Crippen LogP contribution in [0.1, 0.15) is 12.8 Å². The van der Waals surface area contributed by atoms with Crippen LogP contribution in [0.5, 0.6) is 0 Å². The average Bonchev–Trinajstić information content (AvgIpc) is 2.10. The van der Waals surface area contributed by atoms with Gasteiger partial charge in [0, 0.05) is 13.5 Å². The topological polar surface area (TPSA) is 29.5 Å². The van der Waals surface area contributed by atoms with Crippen LogP contribution in [0, 0.1) is 0 Å². The number of rotatable bonds is 5. The lowest BCUT2D eigenvalue weighted by Gasteiger charge is -2.11. The Kier molecular flexibility index (Phi) is 6.01. The minimum Gasteiger partial charge on any atom is -0.275 e. The fraction of sp³-hybridized carbons (Fsp3) is 0.444. The fourth-order valence-electron chi connectivity index (χ4n) is 0.607. The molecule has 0 aliphatic rings. The van der Waals surface area contributed by atoms with Crippen molar-refractivity contribution in [1.82, 2.24) is 5.06 Å². The van der Waals surface area contributed by atoms with Gasteiger partial charge < -0.3 is 0 Å². The van der Waals surface area contributed by atoms with Gasteiger partial charge in [0.1, 0.15) is 0 Å². The lowest BCUT2D eigenvalue weighted by molar-refractivity contribution is -0.167. The van der Waals surface area contributed by atoms with Gasteiger partial charge in [0.15, 0.2) is 0 Å². The van der Waals surface area contributed by atoms with Crippen LogP contribution < -0.4 is 0 Å². The molecule has 0 atom stereocenters. The van der Waals surface area contributed by atoms with Gasteiger partial charge in [0.25, 0.3) is 0 Å². The molecule has 0 aliphatic carbocycles. The van der Waals surface area contributed by atoms with Crippen molar-refractivity contribution >= 4 is 5.91 Å². The third kappa shape index (κ3) is 4.68. The lowest BCUT2D eigenvalue weighted by Crippen LogP contribution is -2.24. The minimum atomic E-state index is -0.0576. The van der Waals surface area contributed by atoms with Gasteiger partial charge >= 0.3 is 0 Å². The number of carbonyl (C=O) groups is 1. The molecular formula is C9H15NO2. The minimum absolute atomic E-state index is 0.0576. The standard InChI is InChI=1S/C9H15NO2/c1-4-5-6-7-8-9(11)10(2)12-3/h4,6-7H,1,5,8H2,2-3H3/b7-6+. The van der Waals surface area contributed by atoms with Crippen molar-refractivity contribution in [2.75, 3.05) is 14.2 Å². The monoisotopic (exact) mass is 169 g/mol. The molecule has 0 saturated heterocycles. The maximum atomic E-state index is 11.1. The van der Waals surface area contributed by atoms with E-state index in [-0.39, 0.29) is 5.91 Å². The molecule has 0 aromatic heterocycles. The first-order valence-electron chi connectivity index (χ1n) is 3.79. The summed E-state index contributed by atoms with van der Waals surface area (Å²) in [7, 11) is 3.05. The van der Waals surface area contributed by atoms with Gasteiger partial charge in [-0.05, 0) is 6.42 Å². The Morgan fingerprint density at radius 1 is 1.58 bits per heavy atom. The van der Waals surface area contributed by atoms with E-state index in [4.69, 9.17) is 4.84 Å². The third-order valence-corrected chi connectivity index (χ3v) is 1.39. The van der Waals surface area contributed by atoms with E-state index in [0.717, 1.165) is 6.42 Å². The summed E-state index contributed by atoms with van der Waals surface area (Å²) in [4.78, 5) is 15.8. The zero-order valence-electron chi connectivity index (χ0n) is 7.62. The average molecular weight is 169 g/mol. The molecule has 0 saturated carbocycles. The molecule has 0 aliphatic heterocycles. The van der Waals surface area contributed by atoms with Crippen LogP contribution in [0.3, 0.4) is 0 Å². The summed E-state index contributed by atoms with van der Waals surface area (Å²) in [6.45, 7) is 3.56. The summed E-state index contributed by atoms with van der Waals surface area (Å²) in [5, 5.41) is 1.21. The predicted octanol–water partition coefficient (Wildman–Crippen LogP) is 1.53. The summed E-state index contributed by atoms with van der Waals surface area (Å²) < 4.78 is 0. The van der Waals surface area contributed by atoms with Gasteiger partial charge in [-0.25, -0.2) is 5.06 Å². The third-order valence-electron chi connectivity index (χ3n) is 1.39. The molecule has 3 heteroatoms. The number of hydrogen-bond donors (Lipinski definition) is 0. The summed E-state index contributed by atoms with van der Waals surface area (Å²) in [6, 6.07) is 0. The van der Waals surface area contributed by atoms with Crippen molar-refractivity contribution in [1.29, 1.82) is 0 Å². The second-order valence-corrected chi connectivity index (χ2v) is 2.27. The Balaban J connectivity index is 3.62. The van der Waals surface area contributed by atoms with Crippen molar-refractivity contribution in [3.63, 3.8) is 0 Å². The van der Waals surface area contributed by atoms with Crippen molar-refractivity contribution < 1.29 is 9.63 Å². The van der Waals surface area contributed by atoms with Crippen molar-refractivity contribution in [3.8, 4) is 0 Å². The molecule has 1 amide bonds. The zero-order chi connectivity index (χ0) is 9.40. The molecule has 0 bridgehead atoms. The number of hydroxylamine groups is 2. The Bertz CT molecular complexity index is 175. The highest BCUT2D eigenvalue weighted by molar-refractivity contribution is 5.76. The van der Waals surface area contributed by atoms with Gasteiger partial charge in [0.2, 0.25) is 5.91 Å². The molecule has 0 spiro atoms. The highest BCUT2D eigenvalue weighted by Gasteiger charge is 2.03. The van der Waals surface area contributed by atoms with Gasteiger partial charge in [0.05, 0.1) is 7.11 Å². The Morgan fingerprint density at radius 2 is 2.25 bits per heavy atom. The number of allylic oxidation sites excluding steroid dienone is 2. The summed E-state index contributed by atoms with van der Waals surface area (Å²) in [5.41, 5.74) is 0. The van der Waals surface area contributed by atoms with Crippen LogP contribution in [-0.4, -0.2) is 25.1 Å². The van der Waals surface area contributed by atoms with Gasteiger partial charge in [-0.1, -0.05) is 18.2 Å². The van der Waals surface area contributed by atoms with E-state index in [1.54, 1.807) is 19.2 Å². The molecule has 0 fully saturated rings. The molecule has 0 radical (unpaired) electrons. The molecule has 3 nitrogen and oxygen atoms in total. The number of amides is 1. The molecule has 0 aromatic carbocycles. The van der Waals surface area contributed by atoms with Crippen LogP contribution >= 0.6 is 0 Å². The highest BCUT2D eigenvalue weighted by atomic mass is 16.7. The van der Waals surface area contributed by atoms with Crippen LogP contribution in [0.15, 0.2) is 24.8 Å². The van der Waals surface area contributed by atoms with Crippen LogP contribution in [0.25, 0.3) is 0 Å². The Hall–Kier alpha value is -1.09. The van der Waals surface area contributed by atoms with Crippen molar-refractivity contribution in [2.45, 2.75) is 12.8 Å². The molecule has 0 heterocycles. The normalized spacial score (nSPS) is 10.2. The van der Waals surface area contributed by atoms with Crippen molar-refractivity contribution in [2.24, 2.45) is 0 Å². The summed E-state index contributed by atoms with van der Waals surface area (Å²) in [5.74, 6) is -0.0576. The van der Waals surface area contributed by atoms with E-state index in [1.165, 1.54) is 12.2 Å². The van der Waals surface area contributed by atoms with Crippen LogP contribution in [0.2, 0.25) is 0 Å². The molecular weight excluding hydrogens is 154 g/mol. The van der Waals surface area contributed by atoms with E-state index < -0.39 is 0 Å². The SMILES string of the molecule is C=CC/C=C/CC(=O)N(C)OC. The maximum Gasteiger partial charge on any atom is 0.249 e.